The molecule has 0 saturated carbocycles. The van der Waals surface area contributed by atoms with E-state index in [0.717, 1.165) is 10.5 Å². The van der Waals surface area contributed by atoms with Crippen molar-refractivity contribution >= 4 is 21.7 Å². The number of esters is 1. The molecule has 8 heteroatoms. The Labute approximate surface area is 163 Å². The van der Waals surface area contributed by atoms with Gasteiger partial charge in [0.25, 0.3) is 0 Å². The maximum Gasteiger partial charge on any atom is 0.355 e. The monoisotopic (exact) mass is 403 g/mol. The molecular weight excluding hydrogens is 382 g/mol. The normalized spacial score (nSPS) is 16.4. The number of nitrogens with zero attached hydrogens (tertiary/aromatic N) is 1. The van der Waals surface area contributed by atoms with E-state index < -0.39 is 27.1 Å². The number of sulfone groups is 1. The van der Waals surface area contributed by atoms with Crippen LogP contribution < -0.4 is 0 Å². The lowest BCUT2D eigenvalue weighted by molar-refractivity contribution is -0.150. The lowest BCUT2D eigenvalue weighted by atomic mass is 10.1. The molecule has 1 aromatic heterocycles. The van der Waals surface area contributed by atoms with Crippen LogP contribution in [0.5, 0.6) is 0 Å². The van der Waals surface area contributed by atoms with Crippen LogP contribution >= 0.6 is 0 Å². The van der Waals surface area contributed by atoms with Crippen molar-refractivity contribution in [1.82, 2.24) is 4.90 Å². The molecule has 1 aliphatic rings. The van der Waals surface area contributed by atoms with Crippen molar-refractivity contribution in [3.05, 3.63) is 71.3 Å². The predicted octanol–water partition coefficient (Wildman–Crippen LogP) is 2.79. The van der Waals surface area contributed by atoms with Crippen molar-refractivity contribution < 1.29 is 27.2 Å². The first-order valence-electron chi connectivity index (χ1n) is 8.74. The zero-order chi connectivity index (χ0) is 20.3. The first-order valence-corrected chi connectivity index (χ1v) is 10.5. The number of hydrogen-bond donors (Lipinski definition) is 0. The van der Waals surface area contributed by atoms with E-state index >= 15 is 0 Å². The fourth-order valence-corrected chi connectivity index (χ4v) is 4.66. The van der Waals surface area contributed by atoms with Gasteiger partial charge in [-0.2, -0.15) is 0 Å². The van der Waals surface area contributed by atoms with E-state index in [1.54, 1.807) is 38.1 Å². The highest BCUT2D eigenvalue weighted by Crippen LogP contribution is 2.33. The Morgan fingerprint density at radius 1 is 1.18 bits per heavy atom. The molecule has 0 spiro atoms. The Hall–Kier alpha value is -2.87. The average Bonchev–Trinajstić information content (AvgIpc) is 3.14. The van der Waals surface area contributed by atoms with Gasteiger partial charge in [0.15, 0.2) is 9.84 Å². The van der Waals surface area contributed by atoms with Gasteiger partial charge < -0.3 is 9.15 Å². The van der Waals surface area contributed by atoms with Crippen LogP contribution in [-0.4, -0.2) is 30.6 Å². The van der Waals surface area contributed by atoms with Crippen LogP contribution in [0.2, 0.25) is 0 Å². The largest absolute Gasteiger partial charge is 0.468 e. The van der Waals surface area contributed by atoms with Gasteiger partial charge >= 0.3 is 5.97 Å². The molecule has 0 aliphatic carbocycles. The summed E-state index contributed by atoms with van der Waals surface area (Å²) in [7, 11) is -3.74. The summed E-state index contributed by atoms with van der Waals surface area (Å²) in [6.45, 7) is 3.31. The third-order valence-corrected chi connectivity index (χ3v) is 6.26. The highest BCUT2D eigenvalue weighted by Gasteiger charge is 2.49. The molecule has 2 aromatic rings. The number of β-lactam (4-membered cyclic amide) rings is 1. The molecule has 7 nitrogen and oxygen atoms in total. The second-order valence-corrected chi connectivity index (χ2v) is 8.88. The highest BCUT2D eigenvalue weighted by atomic mass is 32.2. The van der Waals surface area contributed by atoms with Crippen molar-refractivity contribution in [2.24, 2.45) is 0 Å². The van der Waals surface area contributed by atoms with Crippen LogP contribution in [0, 0.1) is 0 Å². The summed E-state index contributed by atoms with van der Waals surface area (Å²) in [6.07, 6.45) is 1.21. The molecule has 1 aromatic carbocycles. The molecule has 1 fully saturated rings. The molecule has 1 aliphatic heterocycles. The highest BCUT2D eigenvalue weighted by molar-refractivity contribution is 7.91. The summed E-state index contributed by atoms with van der Waals surface area (Å²) in [4.78, 5) is 25.9. The first-order chi connectivity index (χ1) is 13.3. The van der Waals surface area contributed by atoms with Crippen molar-refractivity contribution in [2.45, 2.75) is 38.0 Å². The van der Waals surface area contributed by atoms with E-state index in [2.05, 4.69) is 0 Å². The number of rotatable bonds is 7. The van der Waals surface area contributed by atoms with Gasteiger partial charge in [0.1, 0.15) is 29.2 Å². The average molecular weight is 403 g/mol. The summed E-state index contributed by atoms with van der Waals surface area (Å²) in [5.41, 5.74) is 1.27. The van der Waals surface area contributed by atoms with Gasteiger partial charge in [0, 0.05) is 0 Å². The van der Waals surface area contributed by atoms with Crippen molar-refractivity contribution in [1.29, 1.82) is 0 Å². The molecule has 0 N–H and O–H groups in total. The lowest BCUT2D eigenvalue weighted by Crippen LogP contribution is -2.57. The smallest absolute Gasteiger partial charge is 0.355 e. The van der Waals surface area contributed by atoms with E-state index in [1.165, 1.54) is 6.26 Å². The van der Waals surface area contributed by atoms with Crippen LogP contribution in [0.15, 0.2) is 64.4 Å². The SMILES string of the molecule is CC(C)=C(C(=O)OCc1ccccc1)N1C(=O)CC1S(=O)(=O)Cc1ccco1. The first kappa shape index (κ1) is 19.9. The number of furan rings is 1. The molecule has 1 saturated heterocycles. The molecular formula is C20H21NO6S. The zero-order valence-electron chi connectivity index (χ0n) is 15.6. The number of hydrogen-bond acceptors (Lipinski definition) is 6. The summed E-state index contributed by atoms with van der Waals surface area (Å²) in [5, 5.41) is -1.11. The molecule has 1 atom stereocenters. The summed E-state index contributed by atoms with van der Waals surface area (Å²) < 4.78 is 35.9. The summed E-state index contributed by atoms with van der Waals surface area (Å²) >= 11 is 0. The van der Waals surface area contributed by atoms with Gasteiger partial charge in [-0.25, -0.2) is 13.2 Å². The second kappa shape index (κ2) is 8.02. The van der Waals surface area contributed by atoms with Gasteiger partial charge in [0.2, 0.25) is 5.91 Å². The van der Waals surface area contributed by atoms with Gasteiger partial charge in [-0.05, 0) is 37.1 Å². The molecule has 1 amide bonds. The zero-order valence-corrected chi connectivity index (χ0v) is 16.4. The number of amides is 1. The molecule has 0 bridgehead atoms. The van der Waals surface area contributed by atoms with E-state index in [0.29, 0.717) is 5.57 Å². The second-order valence-electron chi connectivity index (χ2n) is 6.72. The minimum absolute atomic E-state index is 0.0276. The Balaban J connectivity index is 1.77. The van der Waals surface area contributed by atoms with Crippen molar-refractivity contribution in [3.63, 3.8) is 0 Å². The summed E-state index contributed by atoms with van der Waals surface area (Å²) in [6, 6.07) is 12.2. The van der Waals surface area contributed by atoms with E-state index in [-0.39, 0.29) is 30.2 Å². The molecule has 28 heavy (non-hydrogen) atoms. The molecule has 148 valence electrons. The lowest BCUT2D eigenvalue weighted by Gasteiger charge is -2.40. The number of ether oxygens (including phenoxy) is 1. The third kappa shape index (κ3) is 4.17. The Bertz CT molecular complexity index is 989. The Kier molecular flexibility index (Phi) is 5.69. The molecule has 3 rings (SSSR count). The minimum atomic E-state index is -3.74. The van der Waals surface area contributed by atoms with Gasteiger partial charge in [-0.15, -0.1) is 0 Å². The fraction of sp³-hybridized carbons (Fsp3) is 0.300. The standard InChI is InChI=1S/C20H21NO6S/c1-14(2)19(20(23)27-12-15-7-4-3-5-8-15)21-17(22)11-18(21)28(24,25)13-16-9-6-10-26-16/h3-10,18H,11-13H2,1-2H3. The van der Waals surface area contributed by atoms with Crippen molar-refractivity contribution in [3.8, 4) is 0 Å². The number of benzene rings is 1. The molecule has 1 unspecified atom stereocenters. The minimum Gasteiger partial charge on any atom is -0.468 e. The topological polar surface area (TPSA) is 93.9 Å². The Morgan fingerprint density at radius 2 is 1.89 bits per heavy atom. The molecule has 0 radical (unpaired) electrons. The number of allylic oxidation sites excluding steroid dienone is 1. The van der Waals surface area contributed by atoms with Crippen LogP contribution in [0.4, 0.5) is 0 Å². The van der Waals surface area contributed by atoms with Gasteiger partial charge in [-0.1, -0.05) is 30.3 Å². The van der Waals surface area contributed by atoms with Gasteiger partial charge in [0.05, 0.1) is 12.7 Å². The fourth-order valence-electron chi connectivity index (χ4n) is 2.97. The predicted molar refractivity (Wildman–Crippen MR) is 101 cm³/mol. The van der Waals surface area contributed by atoms with E-state index in [9.17, 15) is 18.0 Å². The van der Waals surface area contributed by atoms with E-state index in [4.69, 9.17) is 9.15 Å². The maximum atomic E-state index is 12.7. The summed E-state index contributed by atoms with van der Waals surface area (Å²) in [5.74, 6) is -1.22. The molecule has 2 heterocycles. The quantitative estimate of drug-likeness (QED) is 0.401. The number of likely N-dealkylation sites (tertiary alicyclic amines) is 1. The van der Waals surface area contributed by atoms with Crippen LogP contribution in [0.3, 0.4) is 0 Å². The van der Waals surface area contributed by atoms with Crippen LogP contribution in [-0.2, 0) is 36.5 Å². The van der Waals surface area contributed by atoms with Crippen LogP contribution in [0.25, 0.3) is 0 Å². The van der Waals surface area contributed by atoms with E-state index in [1.807, 2.05) is 18.2 Å². The third-order valence-electron chi connectivity index (χ3n) is 4.36. The number of carbonyl (C=O) groups excluding carboxylic acids is 2. The van der Waals surface area contributed by atoms with Crippen LogP contribution in [0.1, 0.15) is 31.6 Å². The van der Waals surface area contributed by atoms with Gasteiger partial charge in [-0.3, -0.25) is 9.69 Å². The number of carbonyl (C=O) groups is 2. The van der Waals surface area contributed by atoms with Crippen molar-refractivity contribution in [2.75, 3.05) is 0 Å². The maximum absolute atomic E-state index is 12.7. The Morgan fingerprint density at radius 3 is 2.46 bits per heavy atom.